The van der Waals surface area contributed by atoms with Gasteiger partial charge in [0.15, 0.2) is 0 Å². The van der Waals surface area contributed by atoms with Gasteiger partial charge in [-0.05, 0) is 13.8 Å². The van der Waals surface area contributed by atoms with Gasteiger partial charge in [0.05, 0.1) is 19.3 Å². The quantitative estimate of drug-likeness (QED) is 0.455. The van der Waals surface area contributed by atoms with E-state index in [2.05, 4.69) is 0 Å². The summed E-state index contributed by atoms with van der Waals surface area (Å²) in [5, 5.41) is 9.11. The van der Waals surface area contributed by atoms with E-state index in [0.717, 1.165) is 0 Å². The molecule has 4 heteroatoms. The predicted molar refractivity (Wildman–Crippen MR) is 37.0 cm³/mol. The number of hydrogen-bond donors (Lipinski definition) is 1. The monoisotopic (exact) mass is 160 g/mol. The number of hydrogen-bond acceptors (Lipinski definition) is 4. The Kier molecular flexibility index (Phi) is 2.15. The van der Waals surface area contributed by atoms with Crippen molar-refractivity contribution in [3.8, 4) is 0 Å². The highest BCUT2D eigenvalue weighted by Gasteiger charge is 2.57. The van der Waals surface area contributed by atoms with Crippen LogP contribution >= 0.6 is 0 Å². The number of esters is 1. The fraction of sp³-hybridized carbons (Fsp3) is 0.857. The van der Waals surface area contributed by atoms with E-state index in [1.165, 1.54) is 6.92 Å². The van der Waals surface area contributed by atoms with Crippen LogP contribution in [0.2, 0.25) is 0 Å². The highest BCUT2D eigenvalue weighted by atomic mass is 16.7. The molecule has 1 saturated heterocycles. The third kappa shape index (κ3) is 1.36. The molecule has 0 aromatic heterocycles. The second-order valence-electron chi connectivity index (χ2n) is 2.57. The molecule has 1 fully saturated rings. The van der Waals surface area contributed by atoms with E-state index in [9.17, 15) is 4.79 Å². The first-order valence-corrected chi connectivity index (χ1v) is 3.62. The number of ether oxygens (including phenoxy) is 2. The SMILES string of the molecule is CCOC(=O)[C@]1([C@H](C)O)CO1. The van der Waals surface area contributed by atoms with E-state index < -0.39 is 17.7 Å². The molecule has 0 aromatic carbocycles. The number of carbonyl (C=O) groups is 1. The molecule has 0 unspecified atom stereocenters. The molecule has 1 rings (SSSR count). The van der Waals surface area contributed by atoms with Gasteiger partial charge in [-0.1, -0.05) is 0 Å². The van der Waals surface area contributed by atoms with Crippen LogP contribution in [-0.2, 0) is 14.3 Å². The first-order chi connectivity index (χ1) is 5.13. The van der Waals surface area contributed by atoms with Gasteiger partial charge in [0.1, 0.15) is 0 Å². The molecule has 4 nitrogen and oxygen atoms in total. The van der Waals surface area contributed by atoms with Crippen molar-refractivity contribution < 1.29 is 19.4 Å². The molecule has 0 amide bonds. The summed E-state index contributed by atoms with van der Waals surface area (Å²) in [6.07, 6.45) is -0.790. The lowest BCUT2D eigenvalue weighted by atomic mass is 10.1. The first-order valence-electron chi connectivity index (χ1n) is 3.62. The lowest BCUT2D eigenvalue weighted by molar-refractivity contribution is -0.153. The van der Waals surface area contributed by atoms with Crippen LogP contribution in [0, 0.1) is 0 Å². The number of carbonyl (C=O) groups excluding carboxylic acids is 1. The molecular formula is C7H12O4. The minimum absolute atomic E-state index is 0.267. The van der Waals surface area contributed by atoms with Gasteiger partial charge < -0.3 is 14.6 Å². The standard InChI is InChI=1S/C7H12O4/c1-3-10-6(9)7(4-11-7)5(2)8/h5,8H,3-4H2,1-2H3/t5-,7+/m0/s1. The van der Waals surface area contributed by atoms with Gasteiger partial charge in [-0.2, -0.15) is 0 Å². The van der Waals surface area contributed by atoms with Crippen molar-refractivity contribution in [1.82, 2.24) is 0 Å². The van der Waals surface area contributed by atoms with Crippen LogP contribution in [-0.4, -0.2) is 36.0 Å². The Hall–Kier alpha value is -0.610. The zero-order chi connectivity index (χ0) is 8.48. The summed E-state index contributed by atoms with van der Waals surface area (Å²) in [6, 6.07) is 0. The summed E-state index contributed by atoms with van der Waals surface area (Å²) in [4.78, 5) is 11.1. The van der Waals surface area contributed by atoms with Gasteiger partial charge in [-0.3, -0.25) is 0 Å². The Morgan fingerprint density at radius 2 is 2.45 bits per heavy atom. The molecule has 0 spiro atoms. The molecule has 1 N–H and O–H groups in total. The Morgan fingerprint density at radius 3 is 2.73 bits per heavy atom. The third-order valence-corrected chi connectivity index (χ3v) is 1.75. The molecule has 11 heavy (non-hydrogen) atoms. The minimum atomic E-state index is -1.05. The van der Waals surface area contributed by atoms with Gasteiger partial charge >= 0.3 is 5.97 Å². The summed E-state index contributed by atoms with van der Waals surface area (Å²) in [7, 11) is 0. The van der Waals surface area contributed by atoms with Gasteiger partial charge in [-0.25, -0.2) is 4.79 Å². The maximum atomic E-state index is 11.1. The van der Waals surface area contributed by atoms with Crippen LogP contribution in [0.15, 0.2) is 0 Å². The second kappa shape index (κ2) is 2.79. The Morgan fingerprint density at radius 1 is 1.91 bits per heavy atom. The zero-order valence-corrected chi connectivity index (χ0v) is 6.66. The van der Waals surface area contributed by atoms with Crippen molar-refractivity contribution in [2.24, 2.45) is 0 Å². The van der Waals surface area contributed by atoms with Crippen LogP contribution in [0.25, 0.3) is 0 Å². The van der Waals surface area contributed by atoms with E-state index in [1.54, 1.807) is 6.92 Å². The van der Waals surface area contributed by atoms with E-state index in [4.69, 9.17) is 14.6 Å². The average Bonchev–Trinajstić information content (AvgIpc) is 2.66. The van der Waals surface area contributed by atoms with Crippen molar-refractivity contribution >= 4 is 5.97 Å². The van der Waals surface area contributed by atoms with Crippen LogP contribution in [0.1, 0.15) is 13.8 Å². The average molecular weight is 160 g/mol. The van der Waals surface area contributed by atoms with Gasteiger partial charge in [-0.15, -0.1) is 0 Å². The molecule has 64 valence electrons. The topological polar surface area (TPSA) is 59.1 Å². The Balaban J connectivity index is 2.51. The second-order valence-corrected chi connectivity index (χ2v) is 2.57. The summed E-state index contributed by atoms with van der Waals surface area (Å²) in [5.74, 6) is -0.463. The van der Waals surface area contributed by atoms with E-state index >= 15 is 0 Å². The van der Waals surface area contributed by atoms with E-state index in [0.29, 0.717) is 6.61 Å². The summed E-state index contributed by atoms with van der Waals surface area (Å²) < 4.78 is 9.55. The largest absolute Gasteiger partial charge is 0.464 e. The molecule has 2 atom stereocenters. The number of aliphatic hydroxyl groups is 1. The molecule has 1 heterocycles. The van der Waals surface area contributed by atoms with Gasteiger partial charge in [0, 0.05) is 0 Å². The smallest absolute Gasteiger partial charge is 0.343 e. The number of epoxide rings is 1. The van der Waals surface area contributed by atoms with Crippen LogP contribution in [0.5, 0.6) is 0 Å². The normalized spacial score (nSPS) is 31.2. The molecular weight excluding hydrogens is 148 g/mol. The lowest BCUT2D eigenvalue weighted by Crippen LogP contribution is -2.37. The van der Waals surface area contributed by atoms with Gasteiger partial charge in [0.25, 0.3) is 0 Å². The molecule has 1 aliphatic heterocycles. The molecule has 0 aromatic rings. The molecule has 0 bridgehead atoms. The predicted octanol–water partition coefficient (Wildman–Crippen LogP) is -0.301. The highest BCUT2D eigenvalue weighted by molar-refractivity contribution is 5.83. The Labute approximate surface area is 65.1 Å². The molecule has 0 saturated carbocycles. The van der Waals surface area contributed by atoms with Crippen LogP contribution in [0.4, 0.5) is 0 Å². The highest BCUT2D eigenvalue weighted by Crippen LogP contribution is 2.32. The van der Waals surface area contributed by atoms with E-state index in [1.807, 2.05) is 0 Å². The van der Waals surface area contributed by atoms with Crippen molar-refractivity contribution in [2.75, 3.05) is 13.2 Å². The minimum Gasteiger partial charge on any atom is -0.464 e. The van der Waals surface area contributed by atoms with Crippen LogP contribution < -0.4 is 0 Å². The number of aliphatic hydroxyl groups excluding tert-OH is 1. The van der Waals surface area contributed by atoms with Crippen molar-refractivity contribution in [2.45, 2.75) is 25.6 Å². The van der Waals surface area contributed by atoms with Crippen molar-refractivity contribution in [3.05, 3.63) is 0 Å². The lowest BCUT2D eigenvalue weighted by Gasteiger charge is -2.12. The van der Waals surface area contributed by atoms with Crippen molar-refractivity contribution in [3.63, 3.8) is 0 Å². The van der Waals surface area contributed by atoms with E-state index in [-0.39, 0.29) is 6.61 Å². The fourth-order valence-corrected chi connectivity index (χ4v) is 0.861. The summed E-state index contributed by atoms with van der Waals surface area (Å²) >= 11 is 0. The maximum absolute atomic E-state index is 11.1. The maximum Gasteiger partial charge on any atom is 0.343 e. The van der Waals surface area contributed by atoms with Crippen LogP contribution in [0.3, 0.4) is 0 Å². The van der Waals surface area contributed by atoms with Gasteiger partial charge in [0.2, 0.25) is 5.60 Å². The number of rotatable bonds is 3. The summed E-state index contributed by atoms with van der Waals surface area (Å²) in [6.45, 7) is 3.82. The molecule has 0 radical (unpaired) electrons. The summed E-state index contributed by atoms with van der Waals surface area (Å²) in [5.41, 5.74) is -1.05. The fourth-order valence-electron chi connectivity index (χ4n) is 0.861. The Bertz CT molecular complexity index is 160. The zero-order valence-electron chi connectivity index (χ0n) is 6.66. The molecule has 0 aliphatic carbocycles. The first kappa shape index (κ1) is 8.49. The molecule has 1 aliphatic rings. The van der Waals surface area contributed by atoms with Crippen molar-refractivity contribution in [1.29, 1.82) is 0 Å². The third-order valence-electron chi connectivity index (χ3n) is 1.75.